The minimum Gasteiger partial charge on any atom is -0.490 e. The molecule has 1 aliphatic heterocycles. The molecule has 0 saturated carbocycles. The molecular formula is C17H18FNO2. The molecule has 0 fully saturated rings. The van der Waals surface area contributed by atoms with Crippen LogP contribution in [0.1, 0.15) is 17.5 Å². The predicted molar refractivity (Wildman–Crippen MR) is 79.0 cm³/mol. The number of rotatable bonds is 4. The molecule has 21 heavy (non-hydrogen) atoms. The zero-order valence-electron chi connectivity index (χ0n) is 11.8. The molecule has 0 bridgehead atoms. The van der Waals surface area contributed by atoms with Crippen molar-refractivity contribution >= 4 is 0 Å². The molecule has 2 aromatic carbocycles. The van der Waals surface area contributed by atoms with Gasteiger partial charge in [0.05, 0.1) is 13.2 Å². The van der Waals surface area contributed by atoms with Crippen LogP contribution in [0, 0.1) is 5.82 Å². The van der Waals surface area contributed by atoms with E-state index in [0.717, 1.165) is 29.0 Å². The molecule has 1 aliphatic rings. The first-order valence-electron chi connectivity index (χ1n) is 7.15. The molecule has 0 atom stereocenters. The number of hydrogen-bond donors (Lipinski definition) is 1. The van der Waals surface area contributed by atoms with E-state index >= 15 is 0 Å². The van der Waals surface area contributed by atoms with Crippen LogP contribution in [-0.4, -0.2) is 13.2 Å². The number of benzene rings is 2. The van der Waals surface area contributed by atoms with Crippen molar-refractivity contribution in [3.8, 4) is 11.5 Å². The summed E-state index contributed by atoms with van der Waals surface area (Å²) in [4.78, 5) is 0. The lowest BCUT2D eigenvalue weighted by atomic mass is 10.1. The van der Waals surface area contributed by atoms with Gasteiger partial charge in [0, 0.05) is 25.1 Å². The summed E-state index contributed by atoms with van der Waals surface area (Å²) in [5, 5.41) is 3.31. The highest BCUT2D eigenvalue weighted by molar-refractivity contribution is 5.47. The van der Waals surface area contributed by atoms with E-state index in [1.54, 1.807) is 6.07 Å². The highest BCUT2D eigenvalue weighted by atomic mass is 19.1. The summed E-state index contributed by atoms with van der Waals surface area (Å²) in [5.74, 6) is 1.42. The Morgan fingerprint density at radius 3 is 2.76 bits per heavy atom. The second-order valence-electron chi connectivity index (χ2n) is 5.03. The predicted octanol–water partition coefficient (Wildman–Crippen LogP) is 3.28. The molecule has 3 rings (SSSR count). The van der Waals surface area contributed by atoms with Crippen molar-refractivity contribution in [3.63, 3.8) is 0 Å². The van der Waals surface area contributed by atoms with Crippen LogP contribution < -0.4 is 14.8 Å². The van der Waals surface area contributed by atoms with E-state index in [-0.39, 0.29) is 5.82 Å². The van der Waals surface area contributed by atoms with Gasteiger partial charge in [-0.05, 0) is 23.8 Å². The van der Waals surface area contributed by atoms with Gasteiger partial charge in [0.15, 0.2) is 11.5 Å². The van der Waals surface area contributed by atoms with E-state index in [1.807, 2.05) is 24.3 Å². The molecule has 0 unspecified atom stereocenters. The first kappa shape index (κ1) is 13.9. The van der Waals surface area contributed by atoms with Crippen molar-refractivity contribution in [1.82, 2.24) is 5.32 Å². The molecule has 1 heterocycles. The molecule has 0 aliphatic carbocycles. The maximum absolute atomic E-state index is 13.1. The van der Waals surface area contributed by atoms with Gasteiger partial charge >= 0.3 is 0 Å². The minimum atomic E-state index is -0.209. The molecular weight excluding hydrogens is 269 g/mol. The normalized spacial score (nSPS) is 13.8. The van der Waals surface area contributed by atoms with Crippen LogP contribution in [0.5, 0.6) is 11.5 Å². The standard InChI is InChI=1S/C17H18FNO2/c18-15-6-1-4-13(10-15)11-19-12-14-5-2-7-16-17(14)21-9-3-8-20-16/h1-2,4-7,10,19H,3,8-9,11-12H2. The van der Waals surface area contributed by atoms with Crippen molar-refractivity contribution in [1.29, 1.82) is 0 Å². The number of halogens is 1. The molecule has 0 saturated heterocycles. The maximum Gasteiger partial charge on any atom is 0.165 e. The summed E-state index contributed by atoms with van der Waals surface area (Å²) in [5.41, 5.74) is 1.99. The minimum absolute atomic E-state index is 0.209. The number of hydrogen-bond acceptors (Lipinski definition) is 3. The number of para-hydroxylation sites is 1. The quantitative estimate of drug-likeness (QED) is 0.936. The van der Waals surface area contributed by atoms with E-state index in [9.17, 15) is 4.39 Å². The van der Waals surface area contributed by atoms with E-state index < -0.39 is 0 Å². The van der Waals surface area contributed by atoms with Gasteiger partial charge in [-0.1, -0.05) is 24.3 Å². The van der Waals surface area contributed by atoms with Crippen molar-refractivity contribution in [2.24, 2.45) is 0 Å². The number of fused-ring (bicyclic) bond motifs is 1. The fourth-order valence-corrected chi connectivity index (χ4v) is 2.38. The van der Waals surface area contributed by atoms with Gasteiger partial charge in [0.1, 0.15) is 5.82 Å². The lowest BCUT2D eigenvalue weighted by molar-refractivity contribution is 0.296. The van der Waals surface area contributed by atoms with Crippen LogP contribution in [0.2, 0.25) is 0 Å². The lowest BCUT2D eigenvalue weighted by Gasteiger charge is -2.13. The van der Waals surface area contributed by atoms with Crippen LogP contribution in [0.4, 0.5) is 4.39 Å². The molecule has 0 spiro atoms. The monoisotopic (exact) mass is 287 g/mol. The van der Waals surface area contributed by atoms with Crippen LogP contribution >= 0.6 is 0 Å². The Hall–Kier alpha value is -2.07. The van der Waals surface area contributed by atoms with E-state index in [4.69, 9.17) is 9.47 Å². The molecule has 0 radical (unpaired) electrons. The van der Waals surface area contributed by atoms with Crippen LogP contribution in [0.15, 0.2) is 42.5 Å². The van der Waals surface area contributed by atoms with Crippen molar-refractivity contribution in [2.75, 3.05) is 13.2 Å². The smallest absolute Gasteiger partial charge is 0.165 e. The summed E-state index contributed by atoms with van der Waals surface area (Å²) in [7, 11) is 0. The van der Waals surface area contributed by atoms with Gasteiger partial charge in [-0.15, -0.1) is 0 Å². The zero-order chi connectivity index (χ0) is 14.5. The summed E-state index contributed by atoms with van der Waals surface area (Å²) in [6.07, 6.45) is 0.894. The van der Waals surface area contributed by atoms with Crippen molar-refractivity contribution in [3.05, 3.63) is 59.4 Å². The molecule has 0 amide bonds. The van der Waals surface area contributed by atoms with Crippen LogP contribution in [-0.2, 0) is 13.1 Å². The third kappa shape index (κ3) is 3.52. The fraction of sp³-hybridized carbons (Fsp3) is 0.294. The topological polar surface area (TPSA) is 30.5 Å². The fourth-order valence-electron chi connectivity index (χ4n) is 2.38. The molecule has 1 N–H and O–H groups in total. The van der Waals surface area contributed by atoms with Crippen molar-refractivity contribution in [2.45, 2.75) is 19.5 Å². The summed E-state index contributed by atoms with van der Waals surface area (Å²) >= 11 is 0. The molecule has 2 aromatic rings. The van der Waals surface area contributed by atoms with E-state index in [2.05, 4.69) is 5.32 Å². The van der Waals surface area contributed by atoms with E-state index in [1.165, 1.54) is 12.1 Å². The lowest BCUT2D eigenvalue weighted by Crippen LogP contribution is -2.13. The van der Waals surface area contributed by atoms with Gasteiger partial charge in [-0.3, -0.25) is 0 Å². The van der Waals surface area contributed by atoms with Gasteiger partial charge in [0.2, 0.25) is 0 Å². The third-order valence-corrected chi connectivity index (χ3v) is 3.39. The number of nitrogens with one attached hydrogen (secondary N) is 1. The Balaban J connectivity index is 1.65. The van der Waals surface area contributed by atoms with Crippen LogP contribution in [0.3, 0.4) is 0 Å². The maximum atomic E-state index is 13.1. The zero-order valence-corrected chi connectivity index (χ0v) is 11.8. The average molecular weight is 287 g/mol. The first-order valence-corrected chi connectivity index (χ1v) is 7.15. The van der Waals surface area contributed by atoms with Gasteiger partial charge in [-0.25, -0.2) is 4.39 Å². The Kier molecular flexibility index (Phi) is 4.36. The molecule has 3 nitrogen and oxygen atoms in total. The Morgan fingerprint density at radius 1 is 1.00 bits per heavy atom. The summed E-state index contributed by atoms with van der Waals surface area (Å²) in [6, 6.07) is 12.5. The molecule has 110 valence electrons. The summed E-state index contributed by atoms with van der Waals surface area (Å²) < 4.78 is 24.6. The van der Waals surface area contributed by atoms with Crippen molar-refractivity contribution < 1.29 is 13.9 Å². The van der Waals surface area contributed by atoms with E-state index in [0.29, 0.717) is 26.3 Å². The van der Waals surface area contributed by atoms with Gasteiger partial charge in [0.25, 0.3) is 0 Å². The first-order chi connectivity index (χ1) is 10.3. The van der Waals surface area contributed by atoms with Crippen LogP contribution in [0.25, 0.3) is 0 Å². The molecule has 0 aromatic heterocycles. The third-order valence-electron chi connectivity index (χ3n) is 3.39. The second-order valence-corrected chi connectivity index (χ2v) is 5.03. The highest BCUT2D eigenvalue weighted by Gasteiger charge is 2.13. The Bertz CT molecular complexity index is 615. The SMILES string of the molecule is Fc1cccc(CNCc2cccc3c2OCCCO3)c1. The largest absolute Gasteiger partial charge is 0.490 e. The Labute approximate surface area is 123 Å². The second kappa shape index (κ2) is 6.59. The summed E-state index contributed by atoms with van der Waals surface area (Å²) in [6.45, 7) is 2.63. The average Bonchev–Trinajstić information content (AvgIpc) is 2.73. The van der Waals surface area contributed by atoms with Gasteiger partial charge in [-0.2, -0.15) is 0 Å². The number of ether oxygens (including phenoxy) is 2. The Morgan fingerprint density at radius 2 is 1.86 bits per heavy atom. The molecule has 4 heteroatoms. The highest BCUT2D eigenvalue weighted by Crippen LogP contribution is 2.33. The van der Waals surface area contributed by atoms with Gasteiger partial charge < -0.3 is 14.8 Å².